The first-order chi connectivity index (χ1) is 27.2. The zero-order chi connectivity index (χ0) is 36.6. The summed E-state index contributed by atoms with van der Waals surface area (Å²) in [5.41, 5.74) is 12.7. The topological polar surface area (TPSA) is 62.4 Å². The van der Waals surface area contributed by atoms with Crippen LogP contribution in [0.3, 0.4) is 0 Å². The van der Waals surface area contributed by atoms with Gasteiger partial charge in [-0.2, -0.15) is 10.5 Å². The van der Waals surface area contributed by atoms with Crippen LogP contribution in [0.4, 0.5) is 0 Å². The minimum Gasteiger partial charge on any atom is -0.309 e. The van der Waals surface area contributed by atoms with Crippen molar-refractivity contribution in [2.24, 2.45) is 0 Å². The molecule has 3 heterocycles. The molecule has 0 bridgehead atoms. The molecular weight excluding hydrogens is 671 g/mol. The van der Waals surface area contributed by atoms with Crippen LogP contribution in [0.5, 0.6) is 0 Å². The summed E-state index contributed by atoms with van der Waals surface area (Å²) in [4.78, 5) is 0. The summed E-state index contributed by atoms with van der Waals surface area (Å²) in [7, 11) is 0. The number of rotatable bonds is 4. The third-order valence-corrected chi connectivity index (χ3v) is 11.1. The molecule has 5 nitrogen and oxygen atoms in total. The summed E-state index contributed by atoms with van der Waals surface area (Å²) >= 11 is 0. The Kier molecular flexibility index (Phi) is 6.61. The van der Waals surface area contributed by atoms with Gasteiger partial charge in [-0.05, 0) is 90.0 Å². The molecule has 11 aromatic rings. The molecular formula is C50H29N5. The third kappa shape index (κ3) is 4.51. The maximum atomic E-state index is 10.6. The summed E-state index contributed by atoms with van der Waals surface area (Å²) in [5, 5.41) is 27.1. The van der Waals surface area contributed by atoms with Crippen molar-refractivity contribution in [2.45, 2.75) is 0 Å². The van der Waals surface area contributed by atoms with Crippen LogP contribution in [0.25, 0.3) is 93.6 Å². The van der Waals surface area contributed by atoms with Crippen molar-refractivity contribution in [1.29, 1.82) is 10.5 Å². The Bertz CT molecular complexity index is 3420. The molecule has 0 spiro atoms. The van der Waals surface area contributed by atoms with E-state index in [2.05, 4.69) is 159 Å². The first-order valence-corrected chi connectivity index (χ1v) is 18.3. The molecule has 0 radical (unpaired) electrons. The lowest BCUT2D eigenvalue weighted by Crippen LogP contribution is -1.99. The van der Waals surface area contributed by atoms with Gasteiger partial charge >= 0.3 is 0 Å². The second-order valence-electron chi connectivity index (χ2n) is 14.0. The van der Waals surface area contributed by atoms with Crippen molar-refractivity contribution in [1.82, 2.24) is 13.7 Å². The molecule has 55 heavy (non-hydrogen) atoms. The minimum absolute atomic E-state index is 0.572. The van der Waals surface area contributed by atoms with Gasteiger partial charge in [-0.1, -0.05) is 97.1 Å². The van der Waals surface area contributed by atoms with Crippen LogP contribution in [0.15, 0.2) is 176 Å². The zero-order valence-corrected chi connectivity index (χ0v) is 29.5. The van der Waals surface area contributed by atoms with Crippen molar-refractivity contribution in [3.05, 3.63) is 187 Å². The number of nitrogens with zero attached hydrogens (tertiary/aromatic N) is 5. The zero-order valence-electron chi connectivity index (χ0n) is 29.5. The number of hydrogen-bond donors (Lipinski definition) is 0. The number of nitriles is 2. The highest BCUT2D eigenvalue weighted by molar-refractivity contribution is 6.12. The van der Waals surface area contributed by atoms with Crippen LogP contribution in [0.1, 0.15) is 11.1 Å². The quantitative estimate of drug-likeness (QED) is 0.184. The van der Waals surface area contributed by atoms with Crippen molar-refractivity contribution in [3.8, 4) is 40.3 Å². The number of aromatic nitrogens is 3. The molecule has 0 amide bonds. The average Bonchev–Trinajstić information content (AvgIpc) is 3.88. The second kappa shape index (κ2) is 11.8. The third-order valence-electron chi connectivity index (χ3n) is 11.1. The average molecular weight is 700 g/mol. The molecule has 11 rings (SSSR count). The summed E-state index contributed by atoms with van der Waals surface area (Å²) in [6, 6.07) is 66.0. The Labute approximate surface area is 316 Å². The summed E-state index contributed by atoms with van der Waals surface area (Å²) in [6.07, 6.45) is 0. The number of fused-ring (bicyclic) bond motifs is 9. The van der Waals surface area contributed by atoms with Crippen LogP contribution < -0.4 is 0 Å². The highest BCUT2D eigenvalue weighted by Crippen LogP contribution is 2.39. The minimum atomic E-state index is 0.572. The largest absolute Gasteiger partial charge is 0.309 e. The van der Waals surface area contributed by atoms with Crippen molar-refractivity contribution >= 4 is 65.4 Å². The lowest BCUT2D eigenvalue weighted by molar-refractivity contribution is 1.15. The summed E-state index contributed by atoms with van der Waals surface area (Å²) in [5.74, 6) is 0. The predicted octanol–water partition coefficient (Wildman–Crippen LogP) is 12.4. The van der Waals surface area contributed by atoms with E-state index in [1.54, 1.807) is 0 Å². The SMILES string of the molecule is N#Cc1ccc2c(c1)c1ccccc1n2-c1ccc(-c2cccc(-n3c4ccccc4c4ccc(-n5c6ccccc6c6ccccc65)cc43)c2)cc1C#N. The molecule has 0 unspecified atom stereocenters. The van der Waals surface area contributed by atoms with Gasteiger partial charge in [0.05, 0.1) is 56.0 Å². The van der Waals surface area contributed by atoms with Gasteiger partial charge in [0.15, 0.2) is 0 Å². The molecule has 0 atom stereocenters. The van der Waals surface area contributed by atoms with Crippen molar-refractivity contribution in [3.63, 3.8) is 0 Å². The van der Waals surface area contributed by atoms with Gasteiger partial charge in [-0.3, -0.25) is 0 Å². The van der Waals surface area contributed by atoms with E-state index in [0.717, 1.165) is 61.0 Å². The van der Waals surface area contributed by atoms with Crippen LogP contribution in [-0.2, 0) is 0 Å². The molecule has 254 valence electrons. The Morgan fingerprint density at radius 2 is 0.855 bits per heavy atom. The van der Waals surface area contributed by atoms with Gasteiger partial charge < -0.3 is 13.7 Å². The second-order valence-corrected chi connectivity index (χ2v) is 14.0. The van der Waals surface area contributed by atoms with Gasteiger partial charge in [0.25, 0.3) is 0 Å². The van der Waals surface area contributed by atoms with Gasteiger partial charge in [0, 0.05) is 43.7 Å². The first-order valence-electron chi connectivity index (χ1n) is 18.3. The van der Waals surface area contributed by atoms with E-state index in [4.69, 9.17) is 0 Å². The van der Waals surface area contributed by atoms with Crippen molar-refractivity contribution < 1.29 is 0 Å². The van der Waals surface area contributed by atoms with Crippen molar-refractivity contribution in [2.75, 3.05) is 0 Å². The van der Waals surface area contributed by atoms with Crippen LogP contribution >= 0.6 is 0 Å². The van der Waals surface area contributed by atoms with E-state index in [-0.39, 0.29) is 0 Å². The van der Waals surface area contributed by atoms with E-state index >= 15 is 0 Å². The molecule has 0 N–H and O–H groups in total. The monoisotopic (exact) mass is 699 g/mol. The molecule has 0 aliphatic carbocycles. The van der Waals surface area contributed by atoms with E-state index in [9.17, 15) is 10.5 Å². The number of hydrogen-bond acceptors (Lipinski definition) is 2. The van der Waals surface area contributed by atoms with Gasteiger partial charge in [0.2, 0.25) is 0 Å². The normalized spacial score (nSPS) is 11.6. The highest BCUT2D eigenvalue weighted by atomic mass is 15.0. The maximum absolute atomic E-state index is 10.6. The molecule has 3 aromatic heterocycles. The molecule has 8 aromatic carbocycles. The highest BCUT2D eigenvalue weighted by Gasteiger charge is 2.19. The Morgan fingerprint density at radius 1 is 0.327 bits per heavy atom. The Balaban J connectivity index is 1.08. The number of para-hydroxylation sites is 4. The molecule has 0 aliphatic heterocycles. The fraction of sp³-hybridized carbons (Fsp3) is 0. The molecule has 0 saturated heterocycles. The molecule has 5 heteroatoms. The van der Waals surface area contributed by atoms with E-state index in [0.29, 0.717) is 11.1 Å². The van der Waals surface area contributed by atoms with Gasteiger partial charge in [-0.15, -0.1) is 0 Å². The molecule has 0 aliphatic rings. The number of benzene rings is 8. The van der Waals surface area contributed by atoms with Gasteiger partial charge in [0.1, 0.15) is 6.07 Å². The smallest absolute Gasteiger partial charge is 0.101 e. The van der Waals surface area contributed by atoms with Crippen LogP contribution in [0, 0.1) is 22.7 Å². The van der Waals surface area contributed by atoms with Crippen LogP contribution in [-0.4, -0.2) is 13.7 Å². The molecule has 0 fully saturated rings. The lowest BCUT2D eigenvalue weighted by atomic mass is 10.0. The predicted molar refractivity (Wildman–Crippen MR) is 224 cm³/mol. The Hall–Kier alpha value is -7.86. The summed E-state index contributed by atoms with van der Waals surface area (Å²) in [6.45, 7) is 0. The molecule has 0 saturated carbocycles. The van der Waals surface area contributed by atoms with Crippen LogP contribution in [0.2, 0.25) is 0 Å². The lowest BCUT2D eigenvalue weighted by Gasteiger charge is -2.14. The fourth-order valence-electron chi connectivity index (χ4n) is 8.70. The Morgan fingerprint density at radius 3 is 1.49 bits per heavy atom. The van der Waals surface area contributed by atoms with E-state index < -0.39 is 0 Å². The first kappa shape index (κ1) is 30.7. The summed E-state index contributed by atoms with van der Waals surface area (Å²) < 4.78 is 6.86. The van der Waals surface area contributed by atoms with E-state index in [1.807, 2.05) is 42.5 Å². The standard InChI is InChI=1S/C50H29N5/c51-30-32-20-24-49-43(26-32)41-15-4-8-19-48(41)55(49)44-25-21-34(27-35(44)31-52)33-10-9-11-36(28-33)54-47-18-7-3-14-40(47)42-23-22-37(29-50(42)54)53-45-16-5-1-12-38(45)39-13-2-6-17-46(39)53/h1-29H. The van der Waals surface area contributed by atoms with E-state index in [1.165, 1.54) is 32.6 Å². The fourth-order valence-corrected chi connectivity index (χ4v) is 8.70. The van der Waals surface area contributed by atoms with Gasteiger partial charge in [-0.25, -0.2) is 0 Å². The maximum Gasteiger partial charge on any atom is 0.101 e.